The number of likely N-dealkylation sites (N-methyl/N-ethyl adjacent to an activating group) is 1. The Morgan fingerprint density at radius 3 is 2.71 bits per heavy atom. The minimum atomic E-state index is 0.461. The molecule has 0 aliphatic heterocycles. The maximum absolute atomic E-state index is 5.80. The Morgan fingerprint density at radius 2 is 2.21 bits per heavy atom. The lowest BCUT2D eigenvalue weighted by atomic mass is 10.1. The number of nitrogens with one attached hydrogen (secondary N) is 1. The summed E-state index contributed by atoms with van der Waals surface area (Å²) >= 11 is 0. The van der Waals surface area contributed by atoms with Gasteiger partial charge in [0.1, 0.15) is 5.75 Å². The summed E-state index contributed by atoms with van der Waals surface area (Å²) in [6, 6.07) is 6.38. The Hall–Kier alpha value is -1.22. The molecule has 1 unspecified atom stereocenters. The van der Waals surface area contributed by atoms with Crippen LogP contribution in [0.2, 0.25) is 0 Å². The van der Waals surface area contributed by atoms with E-state index in [0.717, 1.165) is 12.2 Å². The topological polar surface area (TPSA) is 47.3 Å². The van der Waals surface area contributed by atoms with Crippen LogP contribution in [0, 0.1) is 0 Å². The molecule has 0 spiro atoms. The molecule has 0 radical (unpaired) electrons. The number of methoxy groups -OCH3 is 1. The molecule has 0 amide bonds. The van der Waals surface area contributed by atoms with Crippen LogP contribution in [-0.2, 0) is 6.42 Å². The Labute approximate surface area is 85.3 Å². The van der Waals surface area contributed by atoms with Crippen LogP contribution in [0.25, 0.3) is 0 Å². The van der Waals surface area contributed by atoms with Gasteiger partial charge in [0.05, 0.1) is 12.8 Å². The van der Waals surface area contributed by atoms with Crippen molar-refractivity contribution in [2.45, 2.75) is 19.4 Å². The summed E-state index contributed by atoms with van der Waals surface area (Å²) in [7, 11) is 3.58. The summed E-state index contributed by atoms with van der Waals surface area (Å²) < 4.78 is 5.09. The first-order valence-electron chi connectivity index (χ1n) is 4.77. The van der Waals surface area contributed by atoms with Gasteiger partial charge in [0, 0.05) is 6.04 Å². The molecular formula is C11H18N2O. The summed E-state index contributed by atoms with van der Waals surface area (Å²) in [5.74, 6) is 0.742. The second kappa shape index (κ2) is 4.86. The molecule has 1 aromatic rings. The van der Waals surface area contributed by atoms with E-state index in [1.165, 1.54) is 5.56 Å². The summed E-state index contributed by atoms with van der Waals surface area (Å²) in [6.45, 7) is 2.14. The molecule has 1 atom stereocenters. The fourth-order valence-electron chi connectivity index (χ4n) is 1.37. The highest BCUT2D eigenvalue weighted by molar-refractivity contribution is 5.54. The molecule has 0 heterocycles. The van der Waals surface area contributed by atoms with Crippen LogP contribution in [0.3, 0.4) is 0 Å². The maximum atomic E-state index is 5.80. The fraction of sp³-hybridized carbons (Fsp3) is 0.455. The molecule has 0 saturated carbocycles. The number of rotatable bonds is 4. The van der Waals surface area contributed by atoms with Crippen LogP contribution in [-0.4, -0.2) is 20.2 Å². The average molecular weight is 194 g/mol. The lowest BCUT2D eigenvalue weighted by Crippen LogP contribution is -2.23. The van der Waals surface area contributed by atoms with E-state index in [-0.39, 0.29) is 0 Å². The Balaban J connectivity index is 2.76. The number of hydrogen-bond acceptors (Lipinski definition) is 3. The zero-order chi connectivity index (χ0) is 10.6. The minimum absolute atomic E-state index is 0.461. The van der Waals surface area contributed by atoms with Crippen LogP contribution in [0.5, 0.6) is 5.75 Å². The van der Waals surface area contributed by atoms with Crippen molar-refractivity contribution in [1.82, 2.24) is 5.32 Å². The van der Waals surface area contributed by atoms with E-state index in [1.807, 2.05) is 25.2 Å². The van der Waals surface area contributed by atoms with Gasteiger partial charge in [-0.1, -0.05) is 6.07 Å². The molecule has 78 valence electrons. The quantitative estimate of drug-likeness (QED) is 0.713. The van der Waals surface area contributed by atoms with Gasteiger partial charge >= 0.3 is 0 Å². The van der Waals surface area contributed by atoms with Gasteiger partial charge in [-0.05, 0) is 38.1 Å². The third-order valence-electron chi connectivity index (χ3n) is 2.33. The smallest absolute Gasteiger partial charge is 0.141 e. The lowest BCUT2D eigenvalue weighted by Gasteiger charge is -2.11. The maximum Gasteiger partial charge on any atom is 0.141 e. The Kier molecular flexibility index (Phi) is 3.77. The largest absolute Gasteiger partial charge is 0.495 e. The van der Waals surface area contributed by atoms with Crippen molar-refractivity contribution in [3.63, 3.8) is 0 Å². The SMILES string of the molecule is CNC(C)Cc1ccc(OC)c(N)c1. The van der Waals surface area contributed by atoms with Gasteiger partial charge < -0.3 is 15.8 Å². The van der Waals surface area contributed by atoms with Gasteiger partial charge in [0.15, 0.2) is 0 Å². The van der Waals surface area contributed by atoms with Crippen molar-refractivity contribution in [3.8, 4) is 5.75 Å². The number of anilines is 1. The zero-order valence-corrected chi connectivity index (χ0v) is 9.00. The van der Waals surface area contributed by atoms with E-state index in [9.17, 15) is 0 Å². The summed E-state index contributed by atoms with van der Waals surface area (Å²) in [4.78, 5) is 0. The van der Waals surface area contributed by atoms with Crippen molar-refractivity contribution < 1.29 is 4.74 Å². The monoisotopic (exact) mass is 194 g/mol. The van der Waals surface area contributed by atoms with Gasteiger partial charge in [-0.2, -0.15) is 0 Å². The molecule has 3 nitrogen and oxygen atoms in total. The van der Waals surface area contributed by atoms with E-state index in [2.05, 4.69) is 12.2 Å². The number of hydrogen-bond donors (Lipinski definition) is 2. The molecule has 3 N–H and O–H groups in total. The highest BCUT2D eigenvalue weighted by Gasteiger charge is 2.03. The van der Waals surface area contributed by atoms with Crippen LogP contribution in [0.15, 0.2) is 18.2 Å². The number of benzene rings is 1. The van der Waals surface area contributed by atoms with Crippen molar-refractivity contribution in [3.05, 3.63) is 23.8 Å². The second-order valence-corrected chi connectivity index (χ2v) is 3.47. The summed E-state index contributed by atoms with van der Waals surface area (Å²) in [5, 5.41) is 3.19. The third kappa shape index (κ3) is 2.64. The standard InChI is InChI=1S/C11H18N2O/c1-8(13-2)6-9-4-5-11(14-3)10(12)7-9/h4-5,7-8,13H,6,12H2,1-3H3. The molecule has 3 heteroatoms. The van der Waals surface area contributed by atoms with Gasteiger partial charge in [-0.25, -0.2) is 0 Å². The van der Waals surface area contributed by atoms with Gasteiger partial charge in [-0.3, -0.25) is 0 Å². The van der Waals surface area contributed by atoms with Crippen molar-refractivity contribution >= 4 is 5.69 Å². The normalized spacial score (nSPS) is 12.5. The molecular weight excluding hydrogens is 176 g/mol. The molecule has 0 aromatic heterocycles. The first-order valence-corrected chi connectivity index (χ1v) is 4.77. The fourth-order valence-corrected chi connectivity index (χ4v) is 1.37. The molecule has 0 aliphatic rings. The Morgan fingerprint density at radius 1 is 1.50 bits per heavy atom. The number of nitrogens with two attached hydrogens (primary N) is 1. The van der Waals surface area contributed by atoms with E-state index in [1.54, 1.807) is 7.11 Å². The summed E-state index contributed by atoms with van der Waals surface area (Å²) in [5.41, 5.74) is 7.73. The van der Waals surface area contributed by atoms with Crippen molar-refractivity contribution in [2.75, 3.05) is 19.9 Å². The first-order chi connectivity index (χ1) is 6.67. The molecule has 0 aliphatic carbocycles. The molecule has 1 aromatic carbocycles. The predicted octanol–water partition coefficient (Wildman–Crippen LogP) is 1.43. The van der Waals surface area contributed by atoms with E-state index in [4.69, 9.17) is 10.5 Å². The number of ether oxygens (including phenoxy) is 1. The highest BCUT2D eigenvalue weighted by Crippen LogP contribution is 2.22. The highest BCUT2D eigenvalue weighted by atomic mass is 16.5. The average Bonchev–Trinajstić information content (AvgIpc) is 2.18. The van der Waals surface area contributed by atoms with Crippen LogP contribution in [0.4, 0.5) is 5.69 Å². The molecule has 0 fully saturated rings. The predicted molar refractivity (Wildman–Crippen MR) is 59.6 cm³/mol. The van der Waals surface area contributed by atoms with Crippen LogP contribution < -0.4 is 15.8 Å². The van der Waals surface area contributed by atoms with Gasteiger partial charge in [0.25, 0.3) is 0 Å². The number of nitrogen functional groups attached to an aromatic ring is 1. The van der Waals surface area contributed by atoms with Gasteiger partial charge in [0.2, 0.25) is 0 Å². The minimum Gasteiger partial charge on any atom is -0.495 e. The zero-order valence-electron chi connectivity index (χ0n) is 9.00. The molecule has 14 heavy (non-hydrogen) atoms. The third-order valence-corrected chi connectivity index (χ3v) is 2.33. The van der Waals surface area contributed by atoms with Crippen LogP contribution in [0.1, 0.15) is 12.5 Å². The van der Waals surface area contributed by atoms with Gasteiger partial charge in [-0.15, -0.1) is 0 Å². The van der Waals surface area contributed by atoms with Crippen LogP contribution >= 0.6 is 0 Å². The Bertz CT molecular complexity index is 299. The van der Waals surface area contributed by atoms with E-state index < -0.39 is 0 Å². The summed E-state index contributed by atoms with van der Waals surface area (Å²) in [6.07, 6.45) is 0.977. The second-order valence-electron chi connectivity index (χ2n) is 3.47. The molecule has 1 rings (SSSR count). The first kappa shape index (κ1) is 10.9. The molecule has 0 saturated heterocycles. The molecule has 0 bridgehead atoms. The van der Waals surface area contributed by atoms with E-state index >= 15 is 0 Å². The lowest BCUT2D eigenvalue weighted by molar-refractivity contribution is 0.417. The van der Waals surface area contributed by atoms with Crippen molar-refractivity contribution in [1.29, 1.82) is 0 Å². The van der Waals surface area contributed by atoms with E-state index in [0.29, 0.717) is 11.7 Å². The van der Waals surface area contributed by atoms with Crippen molar-refractivity contribution in [2.24, 2.45) is 0 Å².